The van der Waals surface area contributed by atoms with Gasteiger partial charge in [-0.05, 0) is 12.5 Å². The van der Waals surface area contributed by atoms with Crippen LogP contribution >= 0.6 is 0 Å². The maximum absolute atomic E-state index is 11.4. The van der Waals surface area contributed by atoms with Crippen LogP contribution in [0, 0.1) is 0 Å². The summed E-state index contributed by atoms with van der Waals surface area (Å²) in [6, 6.07) is 10.0. The second kappa shape index (κ2) is 3.10. The summed E-state index contributed by atoms with van der Waals surface area (Å²) in [4.78, 5) is 13.2. The summed E-state index contributed by atoms with van der Waals surface area (Å²) in [6.07, 6.45) is 0. The van der Waals surface area contributed by atoms with Gasteiger partial charge in [0.25, 0.3) is 0 Å². The van der Waals surface area contributed by atoms with Crippen LogP contribution in [-0.2, 0) is 10.5 Å². The molecule has 1 saturated heterocycles. The number of rotatable bonds is 1. The number of carbonyl (C=O) groups excluding carboxylic acids is 1. The van der Waals surface area contributed by atoms with Crippen molar-refractivity contribution in [3.8, 4) is 0 Å². The predicted octanol–water partition coefficient (Wildman–Crippen LogP) is 0.921. The van der Waals surface area contributed by atoms with Crippen molar-refractivity contribution in [3.05, 3.63) is 35.9 Å². The number of nitrogens with one attached hydrogen (secondary N) is 1. The highest BCUT2D eigenvalue weighted by molar-refractivity contribution is 5.81. The Labute approximate surface area is 83.7 Å². The molecule has 0 spiro atoms. The molecular weight excluding hydrogens is 176 g/mol. The second-order valence-electron chi connectivity index (χ2n) is 3.74. The molecule has 0 bridgehead atoms. The average Bonchev–Trinajstić information content (AvgIpc) is 2.49. The fraction of sp³-hybridized carbons (Fsp3) is 0.364. The fourth-order valence-corrected chi connectivity index (χ4v) is 1.79. The second-order valence-corrected chi connectivity index (χ2v) is 3.74. The molecule has 3 nitrogen and oxygen atoms in total. The van der Waals surface area contributed by atoms with Crippen LogP contribution in [0.3, 0.4) is 0 Å². The molecule has 1 fully saturated rings. The van der Waals surface area contributed by atoms with Crippen molar-refractivity contribution in [1.29, 1.82) is 0 Å². The van der Waals surface area contributed by atoms with Gasteiger partial charge in [-0.2, -0.15) is 0 Å². The van der Waals surface area contributed by atoms with Crippen LogP contribution in [0.15, 0.2) is 30.3 Å². The van der Waals surface area contributed by atoms with Crippen molar-refractivity contribution in [1.82, 2.24) is 10.2 Å². The maximum atomic E-state index is 11.4. The Bertz CT molecular complexity index is 350. The number of benzene rings is 1. The molecule has 1 amide bonds. The lowest BCUT2D eigenvalue weighted by Gasteiger charge is -2.32. The van der Waals surface area contributed by atoms with Gasteiger partial charge in [0.15, 0.2) is 0 Å². The van der Waals surface area contributed by atoms with Gasteiger partial charge in [0.05, 0.1) is 6.54 Å². The summed E-state index contributed by atoms with van der Waals surface area (Å²) in [5.41, 5.74) is 0.770. The van der Waals surface area contributed by atoms with E-state index in [2.05, 4.69) is 5.32 Å². The van der Waals surface area contributed by atoms with Gasteiger partial charge in [-0.15, -0.1) is 0 Å². The van der Waals surface area contributed by atoms with Crippen molar-refractivity contribution < 1.29 is 4.79 Å². The summed E-state index contributed by atoms with van der Waals surface area (Å²) in [5, 5.41) is 3.23. The summed E-state index contributed by atoms with van der Waals surface area (Å²) >= 11 is 0. The molecular formula is C11H14N2O. The average molecular weight is 190 g/mol. The zero-order valence-corrected chi connectivity index (χ0v) is 8.45. The quantitative estimate of drug-likeness (QED) is 0.714. The van der Waals surface area contributed by atoms with Crippen LogP contribution in [0.4, 0.5) is 0 Å². The zero-order chi connectivity index (χ0) is 10.2. The fourth-order valence-electron chi connectivity index (χ4n) is 1.79. The number of amides is 1. The predicted molar refractivity (Wildman–Crippen MR) is 54.6 cm³/mol. The lowest BCUT2D eigenvalue weighted by atomic mass is 10.0. The van der Waals surface area contributed by atoms with Gasteiger partial charge < -0.3 is 4.90 Å². The Morgan fingerprint density at radius 3 is 2.50 bits per heavy atom. The molecule has 74 valence electrons. The minimum Gasteiger partial charge on any atom is -0.322 e. The molecule has 2 rings (SSSR count). The first kappa shape index (κ1) is 9.21. The van der Waals surface area contributed by atoms with Crippen LogP contribution in [0.25, 0.3) is 0 Å². The number of nitrogens with zero attached hydrogens (tertiary/aromatic N) is 1. The summed E-state index contributed by atoms with van der Waals surface area (Å²) in [6.45, 7) is 2.44. The third kappa shape index (κ3) is 1.21. The van der Waals surface area contributed by atoms with Crippen LogP contribution in [0.1, 0.15) is 12.5 Å². The van der Waals surface area contributed by atoms with E-state index in [0.29, 0.717) is 6.54 Å². The molecule has 1 N–H and O–H groups in total. The van der Waals surface area contributed by atoms with E-state index in [9.17, 15) is 4.79 Å². The van der Waals surface area contributed by atoms with Crippen LogP contribution in [-0.4, -0.2) is 24.4 Å². The third-order valence-corrected chi connectivity index (χ3v) is 2.96. The van der Waals surface area contributed by atoms with Crippen LogP contribution < -0.4 is 5.32 Å². The molecule has 1 aliphatic heterocycles. The number of hydrogen-bond donors (Lipinski definition) is 1. The Morgan fingerprint density at radius 2 is 2.00 bits per heavy atom. The number of carbonyl (C=O) groups is 1. The smallest absolute Gasteiger partial charge is 0.238 e. The van der Waals surface area contributed by atoms with Crippen molar-refractivity contribution in [3.63, 3.8) is 0 Å². The first-order valence-corrected chi connectivity index (χ1v) is 4.72. The highest BCUT2D eigenvalue weighted by atomic mass is 16.2. The monoisotopic (exact) mass is 190 g/mol. The molecule has 0 aromatic heterocycles. The van der Waals surface area contributed by atoms with Gasteiger partial charge in [0.1, 0.15) is 5.66 Å². The van der Waals surface area contributed by atoms with Crippen molar-refractivity contribution in [2.75, 3.05) is 13.6 Å². The van der Waals surface area contributed by atoms with Crippen LogP contribution in [0.5, 0.6) is 0 Å². The highest BCUT2D eigenvalue weighted by Gasteiger charge is 2.39. The van der Waals surface area contributed by atoms with E-state index in [1.54, 1.807) is 4.90 Å². The molecule has 1 aromatic rings. The minimum atomic E-state index is -0.349. The van der Waals surface area contributed by atoms with Gasteiger partial charge in [-0.25, -0.2) is 0 Å². The molecule has 1 heterocycles. The van der Waals surface area contributed by atoms with E-state index in [4.69, 9.17) is 0 Å². The normalized spacial score (nSPS) is 27.0. The van der Waals surface area contributed by atoms with E-state index in [1.165, 1.54) is 0 Å². The lowest BCUT2D eigenvalue weighted by Crippen LogP contribution is -2.44. The van der Waals surface area contributed by atoms with Gasteiger partial charge in [0.2, 0.25) is 5.91 Å². The first-order valence-electron chi connectivity index (χ1n) is 4.72. The highest BCUT2D eigenvalue weighted by Crippen LogP contribution is 2.27. The maximum Gasteiger partial charge on any atom is 0.238 e. The zero-order valence-electron chi connectivity index (χ0n) is 8.45. The lowest BCUT2D eigenvalue weighted by molar-refractivity contribution is -0.128. The molecule has 0 saturated carbocycles. The van der Waals surface area contributed by atoms with Gasteiger partial charge in [-0.3, -0.25) is 10.1 Å². The molecule has 1 aromatic carbocycles. The minimum absolute atomic E-state index is 0.136. The van der Waals surface area contributed by atoms with Gasteiger partial charge in [0, 0.05) is 7.05 Å². The van der Waals surface area contributed by atoms with Gasteiger partial charge >= 0.3 is 0 Å². The summed E-state index contributed by atoms with van der Waals surface area (Å²) < 4.78 is 0. The van der Waals surface area contributed by atoms with E-state index < -0.39 is 0 Å². The Morgan fingerprint density at radius 1 is 1.36 bits per heavy atom. The molecule has 1 unspecified atom stereocenters. The largest absolute Gasteiger partial charge is 0.322 e. The molecule has 3 heteroatoms. The van der Waals surface area contributed by atoms with E-state index in [1.807, 2.05) is 44.3 Å². The SMILES string of the molecule is CN1C(=O)CNC1(C)c1ccccc1. The molecule has 1 aliphatic rings. The van der Waals surface area contributed by atoms with E-state index in [0.717, 1.165) is 5.56 Å². The summed E-state index contributed by atoms with van der Waals surface area (Å²) in [7, 11) is 1.83. The molecule has 0 aliphatic carbocycles. The number of hydrogen-bond acceptors (Lipinski definition) is 2. The topological polar surface area (TPSA) is 32.3 Å². The number of likely N-dealkylation sites (N-methyl/N-ethyl adjacent to an activating group) is 1. The summed E-state index contributed by atoms with van der Waals surface area (Å²) in [5.74, 6) is 0.136. The Hall–Kier alpha value is -1.35. The standard InChI is InChI=1S/C11H14N2O/c1-11(9-6-4-3-5-7-9)12-8-10(14)13(11)2/h3-7,12H,8H2,1-2H3. The molecule has 1 atom stereocenters. The van der Waals surface area contributed by atoms with Gasteiger partial charge in [-0.1, -0.05) is 30.3 Å². The Kier molecular flexibility index (Phi) is 2.04. The van der Waals surface area contributed by atoms with E-state index >= 15 is 0 Å². The Balaban J connectivity index is 2.39. The van der Waals surface area contributed by atoms with Crippen molar-refractivity contribution >= 4 is 5.91 Å². The molecule has 14 heavy (non-hydrogen) atoms. The first-order chi connectivity index (χ1) is 6.64. The van der Waals surface area contributed by atoms with E-state index in [-0.39, 0.29) is 11.6 Å². The molecule has 0 radical (unpaired) electrons. The van der Waals surface area contributed by atoms with Crippen molar-refractivity contribution in [2.45, 2.75) is 12.6 Å². The third-order valence-electron chi connectivity index (χ3n) is 2.96. The van der Waals surface area contributed by atoms with Crippen molar-refractivity contribution in [2.24, 2.45) is 0 Å². The van der Waals surface area contributed by atoms with Crippen LogP contribution in [0.2, 0.25) is 0 Å².